The molecule has 23 heavy (non-hydrogen) atoms. The molecule has 0 aliphatic carbocycles. The second-order valence-corrected chi connectivity index (χ2v) is 4.80. The minimum absolute atomic E-state index is 0.312. The number of aryl methyl sites for hydroxylation is 1. The van der Waals surface area contributed by atoms with Gasteiger partial charge in [0.1, 0.15) is 5.69 Å². The van der Waals surface area contributed by atoms with Crippen LogP contribution in [0, 0.1) is 12.7 Å². The number of ether oxygens (including phenoxy) is 1. The average molecular weight is 326 g/mol. The van der Waals surface area contributed by atoms with Crippen LogP contribution in [0.2, 0.25) is 0 Å². The van der Waals surface area contributed by atoms with Gasteiger partial charge in [-0.1, -0.05) is 0 Å². The van der Waals surface area contributed by atoms with Gasteiger partial charge in [0.15, 0.2) is 11.6 Å². The Hall–Kier alpha value is -2.84. The van der Waals surface area contributed by atoms with Crippen LogP contribution in [0.3, 0.4) is 0 Å². The van der Waals surface area contributed by atoms with Gasteiger partial charge in [-0.2, -0.15) is 10.2 Å². The van der Waals surface area contributed by atoms with Gasteiger partial charge in [0.2, 0.25) is 0 Å². The molecular weight excluding hydrogens is 316 g/mol. The number of aromatic nitrogens is 4. The van der Waals surface area contributed by atoms with Gasteiger partial charge in [-0.3, -0.25) is 10.2 Å². The lowest BCUT2D eigenvalue weighted by Gasteiger charge is -2.09. The van der Waals surface area contributed by atoms with Crippen molar-refractivity contribution in [1.82, 2.24) is 20.4 Å². The molecule has 1 aromatic carbocycles. The number of hydrogen-bond donors (Lipinski definition) is 2. The first-order valence-corrected chi connectivity index (χ1v) is 6.45. The van der Waals surface area contributed by atoms with E-state index in [1.165, 1.54) is 6.07 Å². The van der Waals surface area contributed by atoms with Crippen molar-refractivity contribution >= 4 is 0 Å². The van der Waals surface area contributed by atoms with Gasteiger partial charge in [0.05, 0.1) is 11.4 Å². The summed E-state index contributed by atoms with van der Waals surface area (Å²) in [6.45, 7) is 1.84. The van der Waals surface area contributed by atoms with Crippen LogP contribution in [0.15, 0.2) is 30.3 Å². The summed E-state index contributed by atoms with van der Waals surface area (Å²) in [5.41, 5.74) is 2.76. The third-order valence-electron chi connectivity index (χ3n) is 3.01. The molecule has 9 heteroatoms. The topological polar surface area (TPSA) is 66.6 Å². The van der Waals surface area contributed by atoms with Gasteiger partial charge in [-0.15, -0.1) is 13.2 Å². The smallest absolute Gasteiger partial charge is 0.403 e. The molecule has 2 heterocycles. The van der Waals surface area contributed by atoms with Crippen LogP contribution in [-0.2, 0) is 0 Å². The fraction of sp³-hybridized carbons (Fsp3) is 0.143. The Morgan fingerprint density at radius 1 is 1.00 bits per heavy atom. The van der Waals surface area contributed by atoms with Crippen molar-refractivity contribution in [2.45, 2.75) is 13.3 Å². The second-order valence-electron chi connectivity index (χ2n) is 4.80. The molecule has 3 rings (SSSR count). The zero-order valence-electron chi connectivity index (χ0n) is 11.7. The number of rotatable bonds is 3. The molecular formula is C14H10F4N4O. The number of halogens is 4. The van der Waals surface area contributed by atoms with E-state index >= 15 is 0 Å². The Morgan fingerprint density at radius 2 is 1.74 bits per heavy atom. The number of nitrogens with zero attached hydrogens (tertiary/aromatic N) is 2. The minimum atomic E-state index is -4.94. The maximum atomic E-state index is 13.7. The normalized spacial score (nSPS) is 11.7. The molecule has 3 aromatic rings. The highest BCUT2D eigenvalue weighted by Gasteiger charge is 2.32. The summed E-state index contributed by atoms with van der Waals surface area (Å²) in [7, 11) is 0. The molecule has 0 saturated carbocycles. The Labute approximate surface area is 127 Å². The van der Waals surface area contributed by atoms with E-state index in [-0.39, 0.29) is 0 Å². The molecule has 0 fully saturated rings. The molecule has 0 aliphatic rings. The molecule has 0 radical (unpaired) electrons. The molecule has 0 amide bonds. The first-order chi connectivity index (χ1) is 10.8. The van der Waals surface area contributed by atoms with Gasteiger partial charge in [-0.05, 0) is 37.3 Å². The molecule has 2 N–H and O–H groups in total. The van der Waals surface area contributed by atoms with Gasteiger partial charge in [-0.25, -0.2) is 4.39 Å². The largest absolute Gasteiger partial charge is 0.573 e. The molecule has 0 bridgehead atoms. The fourth-order valence-corrected chi connectivity index (χ4v) is 2.02. The summed E-state index contributed by atoms with van der Waals surface area (Å²) in [6, 6.07) is 6.54. The highest BCUT2D eigenvalue weighted by Crippen LogP contribution is 2.30. The first kappa shape index (κ1) is 15.1. The van der Waals surface area contributed by atoms with Crippen molar-refractivity contribution in [3.63, 3.8) is 0 Å². The van der Waals surface area contributed by atoms with Gasteiger partial charge >= 0.3 is 6.36 Å². The molecule has 0 saturated heterocycles. The lowest BCUT2D eigenvalue weighted by molar-refractivity contribution is -0.275. The van der Waals surface area contributed by atoms with Crippen molar-refractivity contribution in [3.8, 4) is 28.4 Å². The monoisotopic (exact) mass is 326 g/mol. The molecule has 120 valence electrons. The molecule has 0 aliphatic heterocycles. The predicted molar refractivity (Wildman–Crippen MR) is 73.0 cm³/mol. The molecule has 0 spiro atoms. The van der Waals surface area contributed by atoms with E-state index in [1.54, 1.807) is 12.1 Å². The van der Waals surface area contributed by atoms with E-state index < -0.39 is 17.9 Å². The molecule has 0 atom stereocenters. The van der Waals surface area contributed by atoms with Crippen LogP contribution >= 0.6 is 0 Å². The summed E-state index contributed by atoms with van der Waals surface area (Å²) < 4.78 is 53.7. The van der Waals surface area contributed by atoms with Crippen LogP contribution in [0.4, 0.5) is 17.6 Å². The van der Waals surface area contributed by atoms with E-state index in [0.29, 0.717) is 22.6 Å². The second kappa shape index (κ2) is 5.41. The zero-order chi connectivity index (χ0) is 16.6. The molecule has 5 nitrogen and oxygen atoms in total. The van der Waals surface area contributed by atoms with Gasteiger partial charge < -0.3 is 4.74 Å². The van der Waals surface area contributed by atoms with Gasteiger partial charge in [0, 0.05) is 11.3 Å². The predicted octanol–water partition coefficient (Wildman–Crippen LogP) is 3.81. The highest BCUT2D eigenvalue weighted by molar-refractivity contribution is 5.67. The van der Waals surface area contributed by atoms with Crippen molar-refractivity contribution in [1.29, 1.82) is 0 Å². The van der Waals surface area contributed by atoms with Crippen molar-refractivity contribution in [3.05, 3.63) is 41.8 Å². The number of H-pyrrole nitrogens is 2. The van der Waals surface area contributed by atoms with E-state index in [0.717, 1.165) is 17.8 Å². The molecule has 0 unspecified atom stereocenters. The van der Waals surface area contributed by atoms with Gasteiger partial charge in [0.25, 0.3) is 0 Å². The number of aromatic amines is 2. The number of alkyl halides is 3. The Bertz CT molecular complexity index is 837. The van der Waals surface area contributed by atoms with E-state index in [1.807, 2.05) is 6.92 Å². The summed E-state index contributed by atoms with van der Waals surface area (Å²) >= 11 is 0. The maximum absolute atomic E-state index is 13.7. The third-order valence-corrected chi connectivity index (χ3v) is 3.01. The summed E-state index contributed by atoms with van der Waals surface area (Å²) in [4.78, 5) is 0. The van der Waals surface area contributed by atoms with E-state index in [2.05, 4.69) is 25.1 Å². The number of nitrogens with one attached hydrogen (secondary N) is 2. The summed E-state index contributed by atoms with van der Waals surface area (Å²) in [5, 5.41) is 13.6. The van der Waals surface area contributed by atoms with Crippen LogP contribution in [0.1, 0.15) is 5.69 Å². The standard InChI is InChI=1S/C14H10F4N4O/c1-7-4-11(21-19-7)12-6-10(20-22-12)8-2-3-13(9(15)5-8)23-14(16,17)18/h2-6H,1H3,(H,19,21)(H,20,22). The lowest BCUT2D eigenvalue weighted by Crippen LogP contribution is -2.17. The van der Waals surface area contributed by atoms with Crippen LogP contribution in [0.25, 0.3) is 22.6 Å². The molecule has 2 aromatic heterocycles. The highest BCUT2D eigenvalue weighted by atomic mass is 19.4. The Morgan fingerprint density at radius 3 is 2.35 bits per heavy atom. The number of hydrogen-bond acceptors (Lipinski definition) is 3. The lowest BCUT2D eigenvalue weighted by atomic mass is 10.1. The van der Waals surface area contributed by atoms with Crippen molar-refractivity contribution < 1.29 is 22.3 Å². The quantitative estimate of drug-likeness (QED) is 0.719. The van der Waals surface area contributed by atoms with Crippen molar-refractivity contribution in [2.24, 2.45) is 0 Å². The minimum Gasteiger partial charge on any atom is -0.403 e. The maximum Gasteiger partial charge on any atom is 0.573 e. The Balaban J connectivity index is 1.88. The van der Waals surface area contributed by atoms with E-state index in [9.17, 15) is 17.6 Å². The third kappa shape index (κ3) is 3.33. The fourth-order valence-electron chi connectivity index (χ4n) is 2.02. The summed E-state index contributed by atoms with van der Waals surface area (Å²) in [5.74, 6) is -2.01. The van der Waals surface area contributed by atoms with Crippen LogP contribution in [0.5, 0.6) is 5.75 Å². The van der Waals surface area contributed by atoms with Crippen LogP contribution < -0.4 is 4.74 Å². The van der Waals surface area contributed by atoms with E-state index in [4.69, 9.17) is 0 Å². The summed E-state index contributed by atoms with van der Waals surface area (Å²) in [6.07, 6.45) is -4.94. The van der Waals surface area contributed by atoms with Crippen molar-refractivity contribution in [2.75, 3.05) is 0 Å². The zero-order valence-corrected chi connectivity index (χ0v) is 11.7. The first-order valence-electron chi connectivity index (χ1n) is 6.45. The average Bonchev–Trinajstić information content (AvgIpc) is 3.08. The Kier molecular flexibility index (Phi) is 3.55. The number of benzene rings is 1. The van der Waals surface area contributed by atoms with Crippen LogP contribution in [-0.4, -0.2) is 26.8 Å². The SMILES string of the molecule is Cc1cc(-c2cc(-c3ccc(OC(F)(F)F)c(F)c3)n[nH]2)n[nH]1.